The van der Waals surface area contributed by atoms with Gasteiger partial charge in [-0.25, -0.2) is 4.68 Å². The maximum atomic E-state index is 11.1. The van der Waals surface area contributed by atoms with Crippen LogP contribution in [0.3, 0.4) is 0 Å². The van der Waals surface area contributed by atoms with Crippen LogP contribution in [0.5, 0.6) is 0 Å². The summed E-state index contributed by atoms with van der Waals surface area (Å²) in [5.41, 5.74) is 7.47. The van der Waals surface area contributed by atoms with E-state index in [9.17, 15) is 4.79 Å². The molecule has 1 amide bonds. The number of benzene rings is 1. The molecule has 0 spiro atoms. The zero-order chi connectivity index (χ0) is 21.9. The predicted molar refractivity (Wildman–Crippen MR) is 116 cm³/mol. The van der Waals surface area contributed by atoms with Gasteiger partial charge in [0.2, 0.25) is 5.91 Å². The lowest BCUT2D eigenvalue weighted by molar-refractivity contribution is -0.120. The number of nitrogens with zero attached hydrogens (tertiary/aromatic N) is 3. The second-order valence-electron chi connectivity index (χ2n) is 6.49. The van der Waals surface area contributed by atoms with Crippen LogP contribution in [0.2, 0.25) is 0 Å². The number of rotatable bonds is 13. The molecule has 2 aromatic rings. The molecule has 8 heteroatoms. The number of ether oxygens (including phenoxy) is 2. The van der Waals surface area contributed by atoms with E-state index in [4.69, 9.17) is 21.6 Å². The number of aromatic nitrogens is 3. The maximum absolute atomic E-state index is 11.1. The van der Waals surface area contributed by atoms with E-state index in [2.05, 4.69) is 33.7 Å². The Bertz CT molecular complexity index is 728. The number of nitrogens with one attached hydrogen (secondary N) is 1. The van der Waals surface area contributed by atoms with Crippen molar-refractivity contribution < 1.29 is 14.3 Å². The van der Waals surface area contributed by atoms with E-state index in [-0.39, 0.29) is 5.91 Å². The number of unbranched alkanes of at least 4 members (excludes halogenated alkanes) is 2. The van der Waals surface area contributed by atoms with Gasteiger partial charge in [-0.2, -0.15) is 0 Å². The number of carbonyl (C=O) groups excluding carboxylic acids is 1. The van der Waals surface area contributed by atoms with Crippen molar-refractivity contribution in [3.8, 4) is 12.3 Å². The molecule has 0 aliphatic rings. The van der Waals surface area contributed by atoms with Crippen molar-refractivity contribution >= 4 is 5.91 Å². The van der Waals surface area contributed by atoms with Crippen LogP contribution in [0.25, 0.3) is 0 Å². The summed E-state index contributed by atoms with van der Waals surface area (Å²) in [6.07, 6.45) is 10.3. The molecule has 0 atom stereocenters. The average molecular weight is 416 g/mol. The first-order valence-corrected chi connectivity index (χ1v) is 10.1. The molecule has 0 aliphatic carbocycles. The average Bonchev–Trinajstić information content (AvgIpc) is 3.23. The van der Waals surface area contributed by atoms with Gasteiger partial charge in [0, 0.05) is 26.7 Å². The van der Waals surface area contributed by atoms with Crippen LogP contribution in [0.1, 0.15) is 36.9 Å². The molecule has 0 aliphatic heterocycles. The molecule has 0 saturated carbocycles. The highest BCUT2D eigenvalue weighted by Gasteiger charge is 1.99. The summed E-state index contributed by atoms with van der Waals surface area (Å²) in [7, 11) is 1.65. The Morgan fingerprint density at radius 2 is 2.00 bits per heavy atom. The zero-order valence-electron chi connectivity index (χ0n) is 17.8. The molecule has 3 N–H and O–H groups in total. The number of methoxy groups -OCH3 is 1. The van der Waals surface area contributed by atoms with Gasteiger partial charge in [0.05, 0.1) is 38.2 Å². The molecular weight excluding hydrogens is 382 g/mol. The fraction of sp³-hybridized carbons (Fsp3) is 0.500. The van der Waals surface area contributed by atoms with Gasteiger partial charge < -0.3 is 20.5 Å². The van der Waals surface area contributed by atoms with Crippen LogP contribution < -0.4 is 11.1 Å². The first-order valence-electron chi connectivity index (χ1n) is 10.1. The van der Waals surface area contributed by atoms with Crippen molar-refractivity contribution in [1.82, 2.24) is 20.3 Å². The topological polar surface area (TPSA) is 104 Å². The molecule has 164 valence electrons. The molecule has 0 bridgehead atoms. The summed E-state index contributed by atoms with van der Waals surface area (Å²) in [5, 5.41) is 10.5. The lowest BCUT2D eigenvalue weighted by Crippen LogP contribution is -2.22. The van der Waals surface area contributed by atoms with E-state index in [1.54, 1.807) is 11.8 Å². The number of hydrogen-bond acceptors (Lipinski definition) is 6. The molecule has 8 nitrogen and oxygen atoms in total. The van der Waals surface area contributed by atoms with Crippen molar-refractivity contribution in [3.05, 3.63) is 47.8 Å². The summed E-state index contributed by atoms with van der Waals surface area (Å²) in [5.74, 6) is 2.39. The third kappa shape index (κ3) is 12.7. The monoisotopic (exact) mass is 415 g/mol. The van der Waals surface area contributed by atoms with E-state index >= 15 is 0 Å². The Labute approximate surface area is 179 Å². The van der Waals surface area contributed by atoms with Gasteiger partial charge in [-0.15, -0.1) is 11.5 Å². The lowest BCUT2D eigenvalue weighted by atomic mass is 10.2. The smallest absolute Gasteiger partial charge is 0.220 e. The van der Waals surface area contributed by atoms with Gasteiger partial charge in [0.25, 0.3) is 0 Å². The van der Waals surface area contributed by atoms with Gasteiger partial charge in [-0.1, -0.05) is 47.9 Å². The third-order valence-corrected chi connectivity index (χ3v) is 3.99. The largest absolute Gasteiger partial charge is 0.382 e. The lowest BCUT2D eigenvalue weighted by Gasteiger charge is -2.03. The third-order valence-electron chi connectivity index (χ3n) is 3.99. The van der Waals surface area contributed by atoms with Crippen molar-refractivity contribution in [1.29, 1.82) is 0 Å². The highest BCUT2D eigenvalue weighted by molar-refractivity contribution is 5.76. The summed E-state index contributed by atoms with van der Waals surface area (Å²) < 4.78 is 11.9. The SMILES string of the molecule is C#CCNC(=O)CCCCCOCCOC.NCc1cn(Cc2ccccc2)nn1. The molecule has 0 fully saturated rings. The fourth-order valence-corrected chi connectivity index (χ4v) is 2.43. The minimum atomic E-state index is 0.0262. The molecule has 30 heavy (non-hydrogen) atoms. The molecule has 1 aromatic heterocycles. The second kappa shape index (κ2) is 17.2. The Kier molecular flexibility index (Phi) is 14.5. The standard InChI is InChI=1S/C12H21NO3.C10H12N4/c1-3-8-13-12(14)7-5-4-6-9-16-11-10-15-2;11-6-10-8-14(13-12-10)7-9-4-2-1-3-5-9/h1H,4-11H2,2H3,(H,13,14);1-5,8H,6-7,11H2. The van der Waals surface area contributed by atoms with Crippen LogP contribution in [0.4, 0.5) is 0 Å². The number of nitrogens with two attached hydrogens (primary N) is 1. The molecule has 0 saturated heterocycles. The molecular formula is C22H33N5O3. The van der Waals surface area contributed by atoms with E-state index in [1.165, 1.54) is 5.56 Å². The summed E-state index contributed by atoms with van der Waals surface area (Å²) in [6.45, 7) is 3.50. The minimum Gasteiger partial charge on any atom is -0.382 e. The molecule has 1 heterocycles. The molecule has 2 rings (SSSR count). The minimum absolute atomic E-state index is 0.0262. The normalized spacial score (nSPS) is 10.0. The number of amides is 1. The Morgan fingerprint density at radius 1 is 1.20 bits per heavy atom. The number of hydrogen-bond donors (Lipinski definition) is 2. The van der Waals surface area contributed by atoms with Gasteiger partial charge in [-0.3, -0.25) is 4.79 Å². The van der Waals surface area contributed by atoms with Gasteiger partial charge >= 0.3 is 0 Å². The molecule has 0 unspecified atom stereocenters. The summed E-state index contributed by atoms with van der Waals surface area (Å²) in [4.78, 5) is 11.1. The first kappa shape index (κ1) is 25.3. The second-order valence-corrected chi connectivity index (χ2v) is 6.49. The number of carbonyl (C=O) groups is 1. The summed E-state index contributed by atoms with van der Waals surface area (Å²) >= 11 is 0. The van der Waals surface area contributed by atoms with Crippen molar-refractivity contribution in [2.24, 2.45) is 5.73 Å². The maximum Gasteiger partial charge on any atom is 0.220 e. The molecule has 0 radical (unpaired) electrons. The van der Waals surface area contributed by atoms with E-state index < -0.39 is 0 Å². The Hall–Kier alpha value is -2.73. The van der Waals surface area contributed by atoms with Crippen LogP contribution in [-0.2, 0) is 27.4 Å². The van der Waals surface area contributed by atoms with Gasteiger partial charge in [0.15, 0.2) is 0 Å². The highest BCUT2D eigenvalue weighted by atomic mass is 16.5. The quantitative estimate of drug-likeness (QED) is 0.381. The zero-order valence-corrected chi connectivity index (χ0v) is 17.8. The Morgan fingerprint density at radius 3 is 2.67 bits per heavy atom. The first-order chi connectivity index (χ1) is 14.7. The van der Waals surface area contributed by atoms with Crippen LogP contribution in [0.15, 0.2) is 36.5 Å². The predicted octanol–water partition coefficient (Wildman–Crippen LogP) is 1.74. The van der Waals surface area contributed by atoms with Crippen LogP contribution >= 0.6 is 0 Å². The highest BCUT2D eigenvalue weighted by Crippen LogP contribution is 2.02. The summed E-state index contributed by atoms with van der Waals surface area (Å²) in [6, 6.07) is 10.1. The molecule has 1 aromatic carbocycles. The van der Waals surface area contributed by atoms with E-state index in [0.717, 1.165) is 38.1 Å². The van der Waals surface area contributed by atoms with Gasteiger partial charge in [-0.05, 0) is 18.4 Å². The van der Waals surface area contributed by atoms with E-state index in [1.807, 2.05) is 24.4 Å². The Balaban J connectivity index is 0.000000301. The van der Waals surface area contributed by atoms with Crippen molar-refractivity contribution in [2.75, 3.05) is 33.5 Å². The number of terminal acetylenes is 1. The van der Waals surface area contributed by atoms with Crippen LogP contribution in [-0.4, -0.2) is 54.4 Å². The fourth-order valence-electron chi connectivity index (χ4n) is 2.43. The van der Waals surface area contributed by atoms with E-state index in [0.29, 0.717) is 32.7 Å². The van der Waals surface area contributed by atoms with Crippen LogP contribution in [0, 0.1) is 12.3 Å². The van der Waals surface area contributed by atoms with Gasteiger partial charge in [0.1, 0.15) is 0 Å². The van der Waals surface area contributed by atoms with Crippen molar-refractivity contribution in [2.45, 2.75) is 38.8 Å². The van der Waals surface area contributed by atoms with Crippen molar-refractivity contribution in [3.63, 3.8) is 0 Å².